The molecule has 0 bridgehead atoms. The van der Waals surface area contributed by atoms with Gasteiger partial charge in [0.2, 0.25) is 0 Å². The number of sulfonamides is 1. The Kier molecular flexibility index (Phi) is 8.72. The summed E-state index contributed by atoms with van der Waals surface area (Å²) in [5.41, 5.74) is 3.20. The van der Waals surface area contributed by atoms with Gasteiger partial charge in [0.15, 0.2) is 0 Å². The molecule has 0 saturated carbocycles. The second-order valence-corrected chi connectivity index (χ2v) is 9.82. The maximum absolute atomic E-state index is 13.5. The number of nitrogens with zero attached hydrogens (tertiary/aromatic N) is 2. The number of halogens is 1. The fourth-order valence-corrected chi connectivity index (χ4v) is 4.97. The number of hydrazone groups is 1. The number of amides is 1. The van der Waals surface area contributed by atoms with Crippen LogP contribution in [0.5, 0.6) is 17.2 Å². The zero-order valence-corrected chi connectivity index (χ0v) is 21.7. The van der Waals surface area contributed by atoms with Crippen molar-refractivity contribution in [3.63, 3.8) is 0 Å². The van der Waals surface area contributed by atoms with E-state index in [1.807, 2.05) is 6.07 Å². The molecule has 0 atom stereocenters. The van der Waals surface area contributed by atoms with Gasteiger partial charge in [-0.15, -0.1) is 0 Å². The maximum atomic E-state index is 13.5. The van der Waals surface area contributed by atoms with E-state index in [0.717, 1.165) is 8.78 Å². The summed E-state index contributed by atoms with van der Waals surface area (Å²) >= 11 is 3.37. The van der Waals surface area contributed by atoms with Gasteiger partial charge in [-0.1, -0.05) is 28.1 Å². The van der Waals surface area contributed by atoms with Crippen molar-refractivity contribution in [2.75, 3.05) is 32.2 Å². The van der Waals surface area contributed by atoms with Gasteiger partial charge in [-0.05, 0) is 54.6 Å². The van der Waals surface area contributed by atoms with Crippen molar-refractivity contribution in [1.82, 2.24) is 5.43 Å². The highest BCUT2D eigenvalue weighted by molar-refractivity contribution is 9.10. The second kappa shape index (κ2) is 11.7. The van der Waals surface area contributed by atoms with E-state index in [2.05, 4.69) is 26.5 Å². The van der Waals surface area contributed by atoms with E-state index in [-0.39, 0.29) is 10.6 Å². The second-order valence-electron chi connectivity index (χ2n) is 7.04. The number of para-hydroxylation sites is 2. The van der Waals surface area contributed by atoms with E-state index >= 15 is 0 Å². The number of hydrogen-bond acceptors (Lipinski definition) is 7. The molecule has 9 nitrogen and oxygen atoms in total. The lowest BCUT2D eigenvalue weighted by atomic mass is 10.2. The first-order valence-electron chi connectivity index (χ1n) is 10.3. The lowest BCUT2D eigenvalue weighted by Crippen LogP contribution is -2.39. The first-order chi connectivity index (χ1) is 16.8. The Morgan fingerprint density at radius 2 is 1.66 bits per heavy atom. The summed E-state index contributed by atoms with van der Waals surface area (Å²) in [6, 6.07) is 17.7. The molecule has 0 fully saturated rings. The normalized spacial score (nSPS) is 11.2. The van der Waals surface area contributed by atoms with Crippen LogP contribution in [0.15, 0.2) is 81.2 Å². The van der Waals surface area contributed by atoms with Crippen LogP contribution in [-0.2, 0) is 14.8 Å². The number of ether oxygens (including phenoxy) is 3. The lowest BCUT2D eigenvalue weighted by Gasteiger charge is -2.25. The van der Waals surface area contributed by atoms with Crippen molar-refractivity contribution in [3.05, 3.63) is 76.8 Å². The predicted molar refractivity (Wildman–Crippen MR) is 137 cm³/mol. The third-order valence-electron chi connectivity index (χ3n) is 4.87. The molecule has 0 spiro atoms. The van der Waals surface area contributed by atoms with Gasteiger partial charge in [-0.3, -0.25) is 9.10 Å². The predicted octanol–water partition coefficient (Wildman–Crippen LogP) is 3.82. The average Bonchev–Trinajstić information content (AvgIpc) is 2.87. The topological polar surface area (TPSA) is 107 Å². The van der Waals surface area contributed by atoms with Gasteiger partial charge >= 0.3 is 0 Å². The van der Waals surface area contributed by atoms with Crippen LogP contribution in [0.1, 0.15) is 5.56 Å². The molecule has 3 rings (SSSR count). The van der Waals surface area contributed by atoms with Gasteiger partial charge in [0, 0.05) is 10.0 Å². The molecular formula is C24H24BrN3O6S. The smallest absolute Gasteiger partial charge is 0.264 e. The first-order valence-corrected chi connectivity index (χ1v) is 12.5. The Hall–Kier alpha value is -3.57. The van der Waals surface area contributed by atoms with Crippen LogP contribution in [0.2, 0.25) is 0 Å². The average molecular weight is 562 g/mol. The quantitative estimate of drug-likeness (QED) is 0.298. The molecule has 0 aromatic heterocycles. The number of benzene rings is 3. The highest BCUT2D eigenvalue weighted by Gasteiger charge is 2.29. The van der Waals surface area contributed by atoms with Crippen molar-refractivity contribution in [1.29, 1.82) is 0 Å². The van der Waals surface area contributed by atoms with Crippen molar-refractivity contribution < 1.29 is 27.4 Å². The van der Waals surface area contributed by atoms with Crippen LogP contribution >= 0.6 is 15.9 Å². The molecule has 0 radical (unpaired) electrons. The number of carbonyl (C=O) groups excluding carboxylic acids is 1. The van der Waals surface area contributed by atoms with Crippen LogP contribution < -0.4 is 23.9 Å². The van der Waals surface area contributed by atoms with Crippen molar-refractivity contribution in [2.45, 2.75) is 4.90 Å². The molecule has 35 heavy (non-hydrogen) atoms. The molecule has 11 heteroatoms. The van der Waals surface area contributed by atoms with Crippen molar-refractivity contribution in [3.8, 4) is 17.2 Å². The van der Waals surface area contributed by atoms with Gasteiger partial charge in [-0.25, -0.2) is 13.8 Å². The molecule has 0 aliphatic heterocycles. The Labute approximate surface area is 212 Å². The van der Waals surface area contributed by atoms with Crippen LogP contribution in [0.4, 0.5) is 5.69 Å². The van der Waals surface area contributed by atoms with E-state index in [1.165, 1.54) is 51.8 Å². The largest absolute Gasteiger partial charge is 0.497 e. The van der Waals surface area contributed by atoms with E-state index in [1.54, 1.807) is 36.4 Å². The van der Waals surface area contributed by atoms with E-state index < -0.39 is 22.5 Å². The van der Waals surface area contributed by atoms with E-state index in [9.17, 15) is 13.2 Å². The van der Waals surface area contributed by atoms with Gasteiger partial charge in [0.25, 0.3) is 15.9 Å². The molecule has 3 aromatic carbocycles. The summed E-state index contributed by atoms with van der Waals surface area (Å²) in [6.07, 6.45) is 1.41. The fourth-order valence-electron chi connectivity index (χ4n) is 3.16. The lowest BCUT2D eigenvalue weighted by molar-refractivity contribution is -0.119. The number of hydrogen-bond donors (Lipinski definition) is 1. The summed E-state index contributed by atoms with van der Waals surface area (Å²) < 4.78 is 44.6. The van der Waals surface area contributed by atoms with Gasteiger partial charge in [-0.2, -0.15) is 5.10 Å². The SMILES string of the molecule is COc1ccc(S(=O)(=O)N(CC(=O)N/N=C\c2cc(Br)ccc2OC)c2ccccc2OC)cc1. The number of anilines is 1. The van der Waals surface area contributed by atoms with Crippen molar-refractivity contribution >= 4 is 43.8 Å². The van der Waals surface area contributed by atoms with E-state index in [4.69, 9.17) is 14.2 Å². The monoisotopic (exact) mass is 561 g/mol. The summed E-state index contributed by atoms with van der Waals surface area (Å²) in [5.74, 6) is 0.699. The minimum atomic E-state index is -4.14. The van der Waals surface area contributed by atoms with Crippen molar-refractivity contribution in [2.24, 2.45) is 5.10 Å². The van der Waals surface area contributed by atoms with Gasteiger partial charge in [0.05, 0.1) is 38.1 Å². The highest BCUT2D eigenvalue weighted by Crippen LogP contribution is 2.32. The number of nitrogens with one attached hydrogen (secondary N) is 1. The molecule has 0 saturated heterocycles. The molecule has 184 valence electrons. The molecule has 0 aliphatic rings. The molecule has 0 unspecified atom stereocenters. The molecule has 1 amide bonds. The first kappa shape index (κ1) is 26.0. The Balaban J connectivity index is 1.90. The van der Waals surface area contributed by atoms with Gasteiger partial charge < -0.3 is 14.2 Å². The summed E-state index contributed by atoms with van der Waals surface area (Å²) in [4.78, 5) is 12.8. The number of rotatable bonds is 10. The summed E-state index contributed by atoms with van der Waals surface area (Å²) in [7, 11) is 0.289. The zero-order valence-electron chi connectivity index (χ0n) is 19.3. The third-order valence-corrected chi connectivity index (χ3v) is 7.14. The number of carbonyl (C=O) groups is 1. The molecule has 0 aliphatic carbocycles. The van der Waals surface area contributed by atoms with Crippen LogP contribution in [-0.4, -0.2) is 48.4 Å². The Morgan fingerprint density at radius 3 is 2.31 bits per heavy atom. The molecule has 3 aromatic rings. The highest BCUT2D eigenvalue weighted by atomic mass is 79.9. The number of methoxy groups -OCH3 is 3. The third kappa shape index (κ3) is 6.31. The standard InChI is InChI=1S/C24H24BrN3O6S/c1-32-19-9-11-20(12-10-19)35(30,31)28(21-6-4-5-7-23(21)34-3)16-24(29)27-26-15-17-14-18(25)8-13-22(17)33-2/h4-15H,16H2,1-3H3,(H,27,29)/b26-15-. The van der Waals surface area contributed by atoms with Gasteiger partial charge in [0.1, 0.15) is 23.8 Å². The Bertz CT molecular complexity index is 1310. The molecule has 0 heterocycles. The van der Waals surface area contributed by atoms with Crippen LogP contribution in [0.3, 0.4) is 0 Å². The maximum Gasteiger partial charge on any atom is 0.264 e. The zero-order chi connectivity index (χ0) is 25.4. The minimum absolute atomic E-state index is 0.0145. The van der Waals surface area contributed by atoms with Crippen LogP contribution in [0.25, 0.3) is 0 Å². The van der Waals surface area contributed by atoms with E-state index in [0.29, 0.717) is 22.8 Å². The summed E-state index contributed by atoms with van der Waals surface area (Å²) in [5, 5.41) is 3.96. The summed E-state index contributed by atoms with van der Waals surface area (Å²) in [6.45, 7) is -0.540. The minimum Gasteiger partial charge on any atom is -0.497 e. The molecular weight excluding hydrogens is 538 g/mol. The molecule has 1 N–H and O–H groups in total. The fraction of sp³-hybridized carbons (Fsp3) is 0.167. The Morgan fingerprint density at radius 1 is 0.971 bits per heavy atom. The van der Waals surface area contributed by atoms with Crippen LogP contribution in [0, 0.1) is 0 Å².